The Morgan fingerprint density at radius 1 is 1.16 bits per heavy atom. The molecule has 0 amide bonds. The van der Waals surface area contributed by atoms with Gasteiger partial charge in [0.15, 0.2) is 0 Å². The second-order valence-corrected chi connectivity index (χ2v) is 5.75. The summed E-state index contributed by atoms with van der Waals surface area (Å²) in [5, 5.41) is 0. The molecule has 0 aromatic heterocycles. The van der Waals surface area contributed by atoms with E-state index in [0.29, 0.717) is 17.4 Å². The van der Waals surface area contributed by atoms with Crippen LogP contribution in [0, 0.1) is 5.41 Å². The Kier molecular flexibility index (Phi) is 4.51. The minimum absolute atomic E-state index is 0.311. The van der Waals surface area contributed by atoms with Crippen LogP contribution in [-0.4, -0.2) is 12.6 Å². The van der Waals surface area contributed by atoms with Gasteiger partial charge in [-0.3, -0.25) is 0 Å². The van der Waals surface area contributed by atoms with Gasteiger partial charge in [0.1, 0.15) is 5.75 Å². The summed E-state index contributed by atoms with van der Waals surface area (Å²) in [7, 11) is 0. The van der Waals surface area contributed by atoms with Gasteiger partial charge in [0.25, 0.3) is 0 Å². The Balaban J connectivity index is 2.10. The van der Waals surface area contributed by atoms with Crippen LogP contribution in [0.15, 0.2) is 24.3 Å². The molecule has 1 aliphatic rings. The summed E-state index contributed by atoms with van der Waals surface area (Å²) < 4.78 is 5.64. The third-order valence-electron chi connectivity index (χ3n) is 4.99. The standard InChI is InChI=1S/C17H27NO/c1-4-11-19-14-9-7-13(8-10-14)15-12-16(18)17(15,5-2)6-3/h7-10,15-16H,4-6,11-12,18H2,1-3H3. The van der Waals surface area contributed by atoms with E-state index in [1.54, 1.807) is 0 Å². The average Bonchev–Trinajstić information content (AvgIpc) is 2.45. The molecule has 2 heteroatoms. The first kappa shape index (κ1) is 14.4. The van der Waals surface area contributed by atoms with Crippen molar-refractivity contribution in [3.05, 3.63) is 29.8 Å². The predicted octanol–water partition coefficient (Wildman–Crippen LogP) is 4.10. The van der Waals surface area contributed by atoms with Crippen LogP contribution in [0.2, 0.25) is 0 Å². The number of nitrogens with two attached hydrogens (primary N) is 1. The van der Waals surface area contributed by atoms with Crippen LogP contribution in [-0.2, 0) is 0 Å². The molecule has 2 N–H and O–H groups in total. The fourth-order valence-electron chi connectivity index (χ4n) is 3.57. The van der Waals surface area contributed by atoms with Crippen molar-refractivity contribution in [2.24, 2.45) is 11.1 Å². The van der Waals surface area contributed by atoms with E-state index in [1.807, 2.05) is 0 Å². The van der Waals surface area contributed by atoms with Gasteiger partial charge < -0.3 is 10.5 Å². The van der Waals surface area contributed by atoms with Gasteiger partial charge in [0.2, 0.25) is 0 Å². The molecular weight excluding hydrogens is 234 g/mol. The van der Waals surface area contributed by atoms with E-state index in [1.165, 1.54) is 18.4 Å². The minimum atomic E-state index is 0.311. The summed E-state index contributed by atoms with van der Waals surface area (Å²) in [5.74, 6) is 1.60. The maximum atomic E-state index is 6.28. The molecule has 1 aromatic rings. The largest absolute Gasteiger partial charge is 0.494 e. The third kappa shape index (κ3) is 2.51. The van der Waals surface area contributed by atoms with Crippen LogP contribution in [0.25, 0.3) is 0 Å². The molecule has 1 fully saturated rings. The van der Waals surface area contributed by atoms with E-state index in [-0.39, 0.29) is 0 Å². The Hall–Kier alpha value is -1.02. The highest BCUT2D eigenvalue weighted by molar-refractivity contribution is 5.33. The van der Waals surface area contributed by atoms with E-state index in [9.17, 15) is 0 Å². The zero-order valence-corrected chi connectivity index (χ0v) is 12.5. The second-order valence-electron chi connectivity index (χ2n) is 5.75. The molecule has 19 heavy (non-hydrogen) atoms. The summed E-state index contributed by atoms with van der Waals surface area (Å²) >= 11 is 0. The molecule has 1 aromatic carbocycles. The normalized spacial score (nSPS) is 24.8. The molecule has 2 atom stereocenters. The van der Waals surface area contributed by atoms with Crippen LogP contribution < -0.4 is 10.5 Å². The maximum absolute atomic E-state index is 6.28. The highest BCUT2D eigenvalue weighted by Crippen LogP contribution is 2.56. The predicted molar refractivity (Wildman–Crippen MR) is 80.6 cm³/mol. The third-order valence-corrected chi connectivity index (χ3v) is 4.99. The zero-order valence-electron chi connectivity index (χ0n) is 12.5. The monoisotopic (exact) mass is 261 g/mol. The fourth-order valence-corrected chi connectivity index (χ4v) is 3.57. The first-order valence-electron chi connectivity index (χ1n) is 7.66. The van der Waals surface area contributed by atoms with E-state index in [2.05, 4.69) is 45.0 Å². The van der Waals surface area contributed by atoms with Gasteiger partial charge in [0.05, 0.1) is 6.61 Å². The van der Waals surface area contributed by atoms with Crippen molar-refractivity contribution >= 4 is 0 Å². The zero-order chi connectivity index (χ0) is 13.9. The van der Waals surface area contributed by atoms with Crippen LogP contribution >= 0.6 is 0 Å². The molecule has 0 aliphatic heterocycles. The topological polar surface area (TPSA) is 35.2 Å². The summed E-state index contributed by atoms with van der Waals surface area (Å²) in [6.07, 6.45) is 4.51. The lowest BCUT2D eigenvalue weighted by molar-refractivity contribution is 0.0438. The number of rotatable bonds is 6. The summed E-state index contributed by atoms with van der Waals surface area (Å²) in [5.41, 5.74) is 8.01. The highest BCUT2D eigenvalue weighted by atomic mass is 16.5. The highest BCUT2D eigenvalue weighted by Gasteiger charge is 2.50. The van der Waals surface area contributed by atoms with Crippen LogP contribution in [0.4, 0.5) is 0 Å². The summed E-state index contributed by atoms with van der Waals surface area (Å²) in [6.45, 7) is 7.46. The van der Waals surface area contributed by atoms with Crippen molar-refractivity contribution in [1.82, 2.24) is 0 Å². The van der Waals surface area contributed by atoms with Crippen molar-refractivity contribution in [1.29, 1.82) is 0 Å². The molecule has 1 saturated carbocycles. The smallest absolute Gasteiger partial charge is 0.119 e. The number of hydrogen-bond acceptors (Lipinski definition) is 2. The molecule has 1 aliphatic carbocycles. The minimum Gasteiger partial charge on any atom is -0.494 e. The first-order valence-corrected chi connectivity index (χ1v) is 7.66. The lowest BCUT2D eigenvalue weighted by Gasteiger charge is -2.55. The lowest BCUT2D eigenvalue weighted by atomic mass is 9.52. The number of benzene rings is 1. The average molecular weight is 261 g/mol. The van der Waals surface area contributed by atoms with Gasteiger partial charge >= 0.3 is 0 Å². The van der Waals surface area contributed by atoms with Gasteiger partial charge in [0, 0.05) is 6.04 Å². The Labute approximate surface area is 117 Å². The van der Waals surface area contributed by atoms with Crippen molar-refractivity contribution < 1.29 is 4.74 Å². The Bertz CT molecular complexity index is 394. The molecule has 0 spiro atoms. The quantitative estimate of drug-likeness (QED) is 0.837. The maximum Gasteiger partial charge on any atom is 0.119 e. The molecule has 2 nitrogen and oxygen atoms in total. The van der Waals surface area contributed by atoms with Gasteiger partial charge in [-0.1, -0.05) is 32.9 Å². The number of ether oxygens (including phenoxy) is 1. The molecular formula is C17H27NO. The van der Waals surface area contributed by atoms with Gasteiger partial charge in [-0.05, 0) is 54.7 Å². The van der Waals surface area contributed by atoms with Crippen LogP contribution in [0.5, 0.6) is 5.75 Å². The molecule has 2 unspecified atom stereocenters. The molecule has 0 radical (unpaired) electrons. The summed E-state index contributed by atoms with van der Waals surface area (Å²) in [4.78, 5) is 0. The number of hydrogen-bond donors (Lipinski definition) is 1. The molecule has 106 valence electrons. The fraction of sp³-hybridized carbons (Fsp3) is 0.647. The van der Waals surface area contributed by atoms with Crippen molar-refractivity contribution in [3.8, 4) is 5.75 Å². The SMILES string of the molecule is CCCOc1ccc(C2CC(N)C2(CC)CC)cc1. The van der Waals surface area contributed by atoms with Crippen LogP contribution in [0.3, 0.4) is 0 Å². The molecule has 0 saturated heterocycles. The van der Waals surface area contributed by atoms with Crippen molar-refractivity contribution in [2.75, 3.05) is 6.61 Å². The lowest BCUT2D eigenvalue weighted by Crippen LogP contribution is -2.55. The van der Waals surface area contributed by atoms with Gasteiger partial charge in [-0.15, -0.1) is 0 Å². The first-order chi connectivity index (χ1) is 9.17. The molecule has 0 bridgehead atoms. The summed E-state index contributed by atoms with van der Waals surface area (Å²) in [6, 6.07) is 9.02. The second kappa shape index (κ2) is 5.96. The Morgan fingerprint density at radius 2 is 1.79 bits per heavy atom. The van der Waals surface area contributed by atoms with Crippen molar-refractivity contribution in [2.45, 2.75) is 58.4 Å². The Morgan fingerprint density at radius 3 is 2.26 bits per heavy atom. The van der Waals surface area contributed by atoms with E-state index < -0.39 is 0 Å². The molecule has 2 rings (SSSR count). The van der Waals surface area contributed by atoms with E-state index >= 15 is 0 Å². The van der Waals surface area contributed by atoms with E-state index in [4.69, 9.17) is 10.5 Å². The van der Waals surface area contributed by atoms with E-state index in [0.717, 1.165) is 25.2 Å². The molecule has 0 heterocycles. The van der Waals surface area contributed by atoms with Gasteiger partial charge in [-0.2, -0.15) is 0 Å². The van der Waals surface area contributed by atoms with Crippen LogP contribution in [0.1, 0.15) is 57.9 Å². The van der Waals surface area contributed by atoms with Crippen molar-refractivity contribution in [3.63, 3.8) is 0 Å². The van der Waals surface area contributed by atoms with Gasteiger partial charge in [-0.25, -0.2) is 0 Å².